The van der Waals surface area contributed by atoms with Gasteiger partial charge in [0.2, 0.25) is 5.69 Å². The molecular weight excluding hydrogens is 384 g/mol. The molecule has 0 radical (unpaired) electrons. The van der Waals surface area contributed by atoms with Crippen molar-refractivity contribution in [2.24, 2.45) is 13.0 Å². The molecule has 0 bridgehead atoms. The zero-order valence-corrected chi connectivity index (χ0v) is 17.3. The summed E-state index contributed by atoms with van der Waals surface area (Å²) in [4.78, 5) is 13.1. The van der Waals surface area contributed by atoms with E-state index in [2.05, 4.69) is 22.1 Å². The predicted octanol–water partition coefficient (Wildman–Crippen LogP) is 2.74. The van der Waals surface area contributed by atoms with Crippen LogP contribution in [-0.4, -0.2) is 38.4 Å². The molecule has 0 atom stereocenters. The van der Waals surface area contributed by atoms with Gasteiger partial charge in [-0.2, -0.15) is 4.57 Å². The molecule has 30 heavy (non-hydrogen) atoms. The van der Waals surface area contributed by atoms with Crippen LogP contribution >= 0.6 is 0 Å². The van der Waals surface area contributed by atoms with Crippen LogP contribution in [0.4, 0.5) is 5.69 Å². The summed E-state index contributed by atoms with van der Waals surface area (Å²) in [5, 5.41) is 9.09. The van der Waals surface area contributed by atoms with E-state index < -0.39 is 5.97 Å². The summed E-state index contributed by atoms with van der Waals surface area (Å²) in [6, 6.07) is 8.13. The predicted molar refractivity (Wildman–Crippen MR) is 112 cm³/mol. The van der Waals surface area contributed by atoms with E-state index in [9.17, 15) is 4.79 Å². The van der Waals surface area contributed by atoms with Crippen LogP contribution < -0.4 is 14.2 Å². The second-order valence-corrected chi connectivity index (χ2v) is 7.51. The minimum absolute atomic E-state index is 0.293. The maximum absolute atomic E-state index is 11.1. The molecule has 2 aliphatic heterocycles. The zero-order chi connectivity index (χ0) is 21.4. The Morgan fingerprint density at radius 1 is 1.30 bits per heavy atom. The minimum atomic E-state index is -0.739. The molecule has 0 amide bonds. The summed E-state index contributed by atoms with van der Waals surface area (Å²) >= 11 is 0. The Morgan fingerprint density at radius 2 is 2.07 bits per heavy atom. The number of aliphatic carboxylic acids is 1. The molecule has 1 N–H and O–H groups in total. The van der Waals surface area contributed by atoms with Crippen LogP contribution in [-0.2, 0) is 27.9 Å². The number of hydrogen-bond donors (Lipinski definition) is 1. The molecule has 0 unspecified atom stereocenters. The van der Waals surface area contributed by atoms with Gasteiger partial charge in [0.15, 0.2) is 17.7 Å². The highest BCUT2D eigenvalue weighted by molar-refractivity contribution is 5.77. The lowest BCUT2D eigenvalue weighted by Gasteiger charge is -2.39. The molecule has 156 valence electrons. The van der Waals surface area contributed by atoms with Crippen LogP contribution in [0.5, 0.6) is 5.75 Å². The largest absolute Gasteiger partial charge is 0.493 e. The summed E-state index contributed by atoms with van der Waals surface area (Å²) < 4.78 is 18.7. The minimum Gasteiger partial charge on any atom is -0.493 e. The fraction of sp³-hybridized carbons (Fsp3) is 0.304. The quantitative estimate of drug-likeness (QED) is 0.449. The van der Waals surface area contributed by atoms with Gasteiger partial charge < -0.3 is 24.2 Å². The molecule has 0 aliphatic carbocycles. The van der Waals surface area contributed by atoms with Gasteiger partial charge in [0.25, 0.3) is 0 Å². The highest BCUT2D eigenvalue weighted by atomic mass is 16.5. The van der Waals surface area contributed by atoms with Crippen LogP contribution in [0.2, 0.25) is 0 Å². The highest BCUT2D eigenvalue weighted by Gasteiger charge is 2.34. The van der Waals surface area contributed by atoms with Gasteiger partial charge >= 0.3 is 5.97 Å². The molecule has 7 heteroatoms. The number of aryl methyl sites for hydroxylation is 1. The van der Waals surface area contributed by atoms with Gasteiger partial charge in [-0.25, -0.2) is 0 Å². The number of methoxy groups -OCH3 is 2. The Morgan fingerprint density at radius 3 is 2.73 bits per heavy atom. The molecule has 1 saturated heterocycles. The van der Waals surface area contributed by atoms with Gasteiger partial charge in [-0.1, -0.05) is 6.58 Å². The molecule has 1 aromatic heterocycles. The first-order valence-electron chi connectivity index (χ1n) is 9.67. The number of rotatable bonds is 6. The first-order valence-corrected chi connectivity index (χ1v) is 9.67. The number of pyridine rings is 1. The van der Waals surface area contributed by atoms with E-state index >= 15 is 0 Å². The van der Waals surface area contributed by atoms with Crippen molar-refractivity contribution < 1.29 is 28.7 Å². The number of benzene rings is 1. The van der Waals surface area contributed by atoms with Gasteiger partial charge in [0, 0.05) is 30.4 Å². The number of hydrogen-bond acceptors (Lipinski definition) is 5. The zero-order valence-electron chi connectivity index (χ0n) is 17.3. The Kier molecular flexibility index (Phi) is 5.11. The average Bonchev–Trinajstić information content (AvgIpc) is 2.69. The van der Waals surface area contributed by atoms with Crippen molar-refractivity contribution in [1.29, 1.82) is 0 Å². The third-order valence-electron chi connectivity index (χ3n) is 5.58. The maximum Gasteiger partial charge on any atom is 0.310 e. The van der Waals surface area contributed by atoms with E-state index in [1.165, 1.54) is 0 Å². The van der Waals surface area contributed by atoms with Crippen molar-refractivity contribution >= 4 is 17.7 Å². The Labute approximate surface area is 175 Å². The maximum atomic E-state index is 11.1. The highest BCUT2D eigenvalue weighted by Crippen LogP contribution is 2.39. The van der Waals surface area contributed by atoms with E-state index in [0.717, 1.165) is 33.8 Å². The number of carbonyl (C=O) groups is 1. The van der Waals surface area contributed by atoms with Crippen LogP contribution in [0.1, 0.15) is 11.1 Å². The van der Waals surface area contributed by atoms with E-state index in [1.54, 1.807) is 14.2 Å². The third-order valence-corrected chi connectivity index (χ3v) is 5.58. The summed E-state index contributed by atoms with van der Waals surface area (Å²) in [5.74, 6) is 0.801. The number of nitrogens with zero attached hydrogens (tertiary/aromatic N) is 2. The lowest BCUT2D eigenvalue weighted by molar-refractivity contribution is -0.661. The van der Waals surface area contributed by atoms with Gasteiger partial charge in [-0.3, -0.25) is 4.79 Å². The van der Waals surface area contributed by atoms with E-state index in [4.69, 9.17) is 19.3 Å². The number of carboxylic acids is 1. The van der Waals surface area contributed by atoms with Crippen LogP contribution in [0.15, 0.2) is 48.6 Å². The molecule has 0 saturated carbocycles. The van der Waals surface area contributed by atoms with Crippen LogP contribution in [0.3, 0.4) is 0 Å². The normalized spacial score (nSPS) is 15.4. The van der Waals surface area contributed by atoms with Gasteiger partial charge in [0.05, 0.1) is 31.3 Å². The van der Waals surface area contributed by atoms with E-state index in [1.807, 2.05) is 37.5 Å². The van der Waals surface area contributed by atoms with Crippen molar-refractivity contribution in [3.63, 3.8) is 0 Å². The fourth-order valence-electron chi connectivity index (χ4n) is 3.90. The second-order valence-electron chi connectivity index (χ2n) is 7.51. The van der Waals surface area contributed by atoms with Crippen molar-refractivity contribution in [1.82, 2.24) is 0 Å². The van der Waals surface area contributed by atoms with Crippen molar-refractivity contribution in [3.8, 4) is 17.0 Å². The molecule has 4 rings (SSSR count). The monoisotopic (exact) mass is 409 g/mol. The lowest BCUT2D eigenvalue weighted by Crippen LogP contribution is -2.50. The summed E-state index contributed by atoms with van der Waals surface area (Å²) in [6.07, 6.45) is 3.91. The van der Waals surface area contributed by atoms with Gasteiger partial charge in [-0.15, -0.1) is 0 Å². The molecule has 0 spiro atoms. The molecule has 2 aromatic rings. The smallest absolute Gasteiger partial charge is 0.310 e. The number of anilines is 1. The van der Waals surface area contributed by atoms with E-state index in [-0.39, 0.29) is 5.92 Å². The average molecular weight is 409 g/mol. The first kappa shape index (κ1) is 19.8. The third kappa shape index (κ3) is 3.47. The number of ether oxygens (including phenoxy) is 3. The molecule has 1 aromatic carbocycles. The number of aromatic nitrogens is 1. The molecule has 3 heterocycles. The second kappa shape index (κ2) is 7.74. The van der Waals surface area contributed by atoms with Crippen molar-refractivity contribution in [3.05, 3.63) is 59.7 Å². The topological polar surface area (TPSA) is 72.1 Å². The Hall–Kier alpha value is -3.48. The van der Waals surface area contributed by atoms with E-state index in [0.29, 0.717) is 31.2 Å². The standard InChI is InChI=1S/C23H24N2O5/c1-14(28-3)20(29-4)8-15-7-16-13-30-21-9-18(25-11-17(12-25)23(26)27)5-6-19(21)22(16)24(2)10-15/h5-10,17H,1,11-13H2,2-4H3/p+1/b20-8+. The Bertz CT molecular complexity index is 1050. The van der Waals surface area contributed by atoms with Crippen molar-refractivity contribution in [2.45, 2.75) is 6.61 Å². The number of carboxylic acid groups (broad SMARTS) is 1. The summed E-state index contributed by atoms with van der Waals surface area (Å²) in [5.41, 5.74) is 5.12. The van der Waals surface area contributed by atoms with Crippen LogP contribution in [0.25, 0.3) is 17.3 Å². The summed E-state index contributed by atoms with van der Waals surface area (Å²) in [7, 11) is 5.15. The SMILES string of the molecule is C=C(OC)/C(=C\c1cc2c([n+](C)c1)-c1ccc(N3CC(C(=O)O)C3)cc1OC2)OC. The lowest BCUT2D eigenvalue weighted by atomic mass is 9.97. The van der Waals surface area contributed by atoms with Crippen LogP contribution in [0, 0.1) is 5.92 Å². The molecule has 1 fully saturated rings. The van der Waals surface area contributed by atoms with Gasteiger partial charge in [0.1, 0.15) is 19.4 Å². The molecular formula is C23H25N2O5+. The molecule has 7 nitrogen and oxygen atoms in total. The van der Waals surface area contributed by atoms with Gasteiger partial charge in [-0.05, 0) is 24.3 Å². The first-order chi connectivity index (χ1) is 14.4. The Balaban J connectivity index is 1.64. The number of fused-ring (bicyclic) bond motifs is 3. The molecule has 2 aliphatic rings. The fourth-order valence-corrected chi connectivity index (χ4v) is 3.90. The summed E-state index contributed by atoms with van der Waals surface area (Å²) in [6.45, 7) is 5.36. The van der Waals surface area contributed by atoms with Crippen molar-refractivity contribution in [2.75, 3.05) is 32.2 Å².